The van der Waals surface area contributed by atoms with Crippen molar-refractivity contribution in [1.82, 2.24) is 0 Å². The number of ether oxygens (including phenoxy) is 4. The van der Waals surface area contributed by atoms with Gasteiger partial charge in [-0.15, -0.1) is 0 Å². The zero-order valence-electron chi connectivity index (χ0n) is 39.8. The van der Waals surface area contributed by atoms with Crippen LogP contribution in [0.5, 0.6) is 0 Å². The molecule has 0 bridgehead atoms. The average Bonchev–Trinajstić information content (AvgIpc) is 3.28. The third-order valence-corrected chi connectivity index (χ3v) is 10.9. The zero-order chi connectivity index (χ0) is 47.5. The van der Waals surface area contributed by atoms with Crippen LogP contribution in [0.4, 0.5) is 0 Å². The summed E-state index contributed by atoms with van der Waals surface area (Å²) in [5.74, 6) is -0.462. The molecular formula is C52H86O12S. The molecule has 1 heterocycles. The molecule has 13 heteroatoms. The summed E-state index contributed by atoms with van der Waals surface area (Å²) in [6.45, 7) is 3.76. The van der Waals surface area contributed by atoms with Crippen molar-refractivity contribution in [1.29, 1.82) is 0 Å². The number of esters is 1. The van der Waals surface area contributed by atoms with E-state index in [-0.39, 0.29) is 19.6 Å². The standard InChI is InChI=1S/C52H86O12S/c1-3-5-7-9-11-13-15-17-19-20-21-22-23-24-25-26-27-29-31-33-35-37-39-41-48(54)62-46(45-61-52-50(56)51(64-65(57,58)59)49(55)47(43-53)63-52)44-60-42-40-38-36-34-32-30-28-18-16-14-12-10-8-6-4-2/h5,7,11,13,16-19,21-22,24-25,27,29,33,35,46-47,49-53,55-56H,3-4,6,8-10,12,14-15,20,23,26,28,30-32,34,36-45H2,1-2H3,(H,57,58,59)/b7-5-,13-11-,18-16-,19-17-,22-21-,25-24-,29-27-,35-33-. The van der Waals surface area contributed by atoms with Crippen molar-refractivity contribution in [2.45, 2.75) is 198 Å². The minimum absolute atomic E-state index is 0.00234. The Hall–Kier alpha value is -2.98. The van der Waals surface area contributed by atoms with Crippen LogP contribution in [-0.2, 0) is 38.3 Å². The summed E-state index contributed by atoms with van der Waals surface area (Å²) in [5, 5.41) is 30.7. The maximum atomic E-state index is 12.9. The summed E-state index contributed by atoms with van der Waals surface area (Å²) >= 11 is 0. The Morgan fingerprint density at radius 1 is 0.600 bits per heavy atom. The van der Waals surface area contributed by atoms with E-state index in [1.807, 2.05) is 6.08 Å². The molecule has 0 amide bonds. The number of unbranched alkanes of at least 4 members (excludes halogenated alkanes) is 12. The number of aliphatic hydroxyl groups is 3. The van der Waals surface area contributed by atoms with Gasteiger partial charge in [0.2, 0.25) is 0 Å². The maximum Gasteiger partial charge on any atom is 0.397 e. The molecule has 65 heavy (non-hydrogen) atoms. The second kappa shape index (κ2) is 42.4. The number of carbonyl (C=O) groups is 1. The van der Waals surface area contributed by atoms with E-state index in [9.17, 15) is 33.1 Å². The normalized spacial score (nSPS) is 20.5. The van der Waals surface area contributed by atoms with Crippen molar-refractivity contribution in [2.24, 2.45) is 0 Å². The Morgan fingerprint density at radius 3 is 1.57 bits per heavy atom. The van der Waals surface area contributed by atoms with Gasteiger partial charge >= 0.3 is 16.4 Å². The molecule has 0 aliphatic carbocycles. The van der Waals surface area contributed by atoms with Crippen molar-refractivity contribution in [2.75, 3.05) is 26.4 Å². The van der Waals surface area contributed by atoms with Crippen molar-refractivity contribution >= 4 is 16.4 Å². The number of hydrogen-bond donors (Lipinski definition) is 4. The first kappa shape index (κ1) is 60.0. The molecule has 1 aliphatic heterocycles. The van der Waals surface area contributed by atoms with E-state index >= 15 is 0 Å². The van der Waals surface area contributed by atoms with Gasteiger partial charge in [-0.3, -0.25) is 9.35 Å². The largest absolute Gasteiger partial charge is 0.457 e. The fourth-order valence-electron chi connectivity index (χ4n) is 6.77. The number of aliphatic hydroxyl groups excluding tert-OH is 3. The number of hydrogen-bond acceptors (Lipinski definition) is 11. The van der Waals surface area contributed by atoms with Gasteiger partial charge in [-0.2, -0.15) is 8.42 Å². The second-order valence-electron chi connectivity index (χ2n) is 16.3. The van der Waals surface area contributed by atoms with Crippen LogP contribution in [0.15, 0.2) is 97.2 Å². The highest BCUT2D eigenvalue weighted by molar-refractivity contribution is 7.80. The molecule has 1 fully saturated rings. The van der Waals surface area contributed by atoms with Gasteiger partial charge in [0, 0.05) is 13.0 Å². The highest BCUT2D eigenvalue weighted by atomic mass is 32.3. The van der Waals surface area contributed by atoms with Crippen LogP contribution in [0.25, 0.3) is 0 Å². The van der Waals surface area contributed by atoms with E-state index in [0.717, 1.165) is 77.0 Å². The SMILES string of the molecule is CC/C=C\C/C=C\C/C=C\C/C=C\C/C=C\C/C=C\C/C=C\CCCC(=O)OC(COCCCCCCCC/C=C\CCCCCCC)COC1OC(CO)C(O)C(OS(=O)(=O)O)C1O. The van der Waals surface area contributed by atoms with Crippen LogP contribution in [0, 0.1) is 0 Å². The van der Waals surface area contributed by atoms with E-state index in [1.165, 1.54) is 51.4 Å². The minimum Gasteiger partial charge on any atom is -0.457 e. The Morgan fingerprint density at radius 2 is 1.06 bits per heavy atom. The fraction of sp³-hybridized carbons (Fsp3) is 0.673. The third kappa shape index (κ3) is 35.8. The highest BCUT2D eigenvalue weighted by Gasteiger charge is 2.48. The highest BCUT2D eigenvalue weighted by Crippen LogP contribution is 2.26. The van der Waals surface area contributed by atoms with Crippen LogP contribution < -0.4 is 0 Å². The van der Waals surface area contributed by atoms with Crippen molar-refractivity contribution in [3.05, 3.63) is 97.2 Å². The van der Waals surface area contributed by atoms with Crippen molar-refractivity contribution in [3.8, 4) is 0 Å². The average molecular weight is 935 g/mol. The fourth-order valence-corrected chi connectivity index (χ4v) is 7.28. The first-order chi connectivity index (χ1) is 31.6. The molecule has 0 aromatic rings. The van der Waals surface area contributed by atoms with Gasteiger partial charge in [-0.1, -0.05) is 162 Å². The van der Waals surface area contributed by atoms with Gasteiger partial charge in [0.05, 0.1) is 19.8 Å². The molecule has 0 spiro atoms. The molecule has 1 aliphatic rings. The predicted octanol–water partition coefficient (Wildman–Crippen LogP) is 11.0. The summed E-state index contributed by atoms with van der Waals surface area (Å²) in [7, 11) is -5.08. The lowest BCUT2D eigenvalue weighted by Crippen LogP contribution is -2.60. The third-order valence-electron chi connectivity index (χ3n) is 10.4. The minimum atomic E-state index is -5.08. The van der Waals surface area contributed by atoms with Gasteiger partial charge in [-0.05, 0) is 89.9 Å². The van der Waals surface area contributed by atoms with Crippen LogP contribution in [0.3, 0.4) is 0 Å². The Kier molecular flexibility index (Phi) is 39.1. The summed E-state index contributed by atoms with van der Waals surface area (Å²) in [4.78, 5) is 12.9. The van der Waals surface area contributed by atoms with E-state index < -0.39 is 59.8 Å². The lowest BCUT2D eigenvalue weighted by molar-refractivity contribution is -0.301. The number of allylic oxidation sites excluding steroid dienone is 16. The smallest absolute Gasteiger partial charge is 0.397 e. The molecule has 372 valence electrons. The molecule has 0 aromatic heterocycles. The lowest BCUT2D eigenvalue weighted by atomic mass is 9.99. The van der Waals surface area contributed by atoms with E-state index in [4.69, 9.17) is 18.9 Å². The van der Waals surface area contributed by atoms with Crippen molar-refractivity contribution in [3.63, 3.8) is 0 Å². The second-order valence-corrected chi connectivity index (χ2v) is 17.4. The van der Waals surface area contributed by atoms with Crippen LogP contribution >= 0.6 is 0 Å². The lowest BCUT2D eigenvalue weighted by Gasteiger charge is -2.41. The molecule has 6 atom stereocenters. The monoisotopic (exact) mass is 935 g/mol. The number of rotatable bonds is 41. The molecule has 1 rings (SSSR count). The summed E-state index contributed by atoms with van der Waals surface area (Å²) in [6, 6.07) is 0. The Bertz CT molecular complexity index is 1500. The molecule has 6 unspecified atom stereocenters. The van der Waals surface area contributed by atoms with Gasteiger partial charge in [-0.25, -0.2) is 4.18 Å². The van der Waals surface area contributed by atoms with E-state index in [1.54, 1.807) is 0 Å². The summed E-state index contributed by atoms with van der Waals surface area (Å²) in [5.41, 5.74) is 0. The molecule has 12 nitrogen and oxygen atoms in total. The predicted molar refractivity (Wildman–Crippen MR) is 261 cm³/mol. The van der Waals surface area contributed by atoms with Crippen LogP contribution in [0.1, 0.15) is 162 Å². The Balaban J connectivity index is 2.45. The Labute approximate surface area is 393 Å². The first-order valence-corrected chi connectivity index (χ1v) is 25.9. The molecule has 1 saturated heterocycles. The van der Waals surface area contributed by atoms with Gasteiger partial charge in [0.15, 0.2) is 6.29 Å². The zero-order valence-corrected chi connectivity index (χ0v) is 40.6. The molecular weight excluding hydrogens is 849 g/mol. The van der Waals surface area contributed by atoms with E-state index in [0.29, 0.717) is 19.4 Å². The molecule has 0 radical (unpaired) electrons. The molecule has 0 saturated carbocycles. The van der Waals surface area contributed by atoms with E-state index in [2.05, 4.69) is 109 Å². The van der Waals surface area contributed by atoms with Crippen LogP contribution in [0.2, 0.25) is 0 Å². The first-order valence-electron chi connectivity index (χ1n) is 24.5. The van der Waals surface area contributed by atoms with Crippen LogP contribution in [-0.4, -0.2) is 97.5 Å². The molecule has 0 aromatic carbocycles. The van der Waals surface area contributed by atoms with Gasteiger partial charge in [0.1, 0.15) is 30.5 Å². The summed E-state index contributed by atoms with van der Waals surface area (Å²) in [6.07, 6.45) is 48.7. The van der Waals surface area contributed by atoms with Crippen molar-refractivity contribution < 1.29 is 56.2 Å². The quantitative estimate of drug-likeness (QED) is 0.0198. The number of carbonyl (C=O) groups excluding carboxylic acids is 1. The molecule has 4 N–H and O–H groups in total. The maximum absolute atomic E-state index is 12.9. The summed E-state index contributed by atoms with van der Waals surface area (Å²) < 4.78 is 59.1. The topological polar surface area (TPSA) is 178 Å². The van der Waals surface area contributed by atoms with Gasteiger partial charge < -0.3 is 34.3 Å². The van der Waals surface area contributed by atoms with Gasteiger partial charge in [0.25, 0.3) is 0 Å².